The number of rotatable bonds is 4. The number of hydrogen-bond acceptors (Lipinski definition) is 4. The van der Waals surface area contributed by atoms with Crippen LogP contribution in [0.1, 0.15) is 6.42 Å². The van der Waals surface area contributed by atoms with Crippen LogP contribution in [0, 0.1) is 0 Å². The van der Waals surface area contributed by atoms with E-state index in [9.17, 15) is 9.90 Å². The van der Waals surface area contributed by atoms with E-state index in [1.807, 2.05) is 0 Å². The van der Waals surface area contributed by atoms with Crippen LogP contribution in [0.2, 0.25) is 0 Å². The van der Waals surface area contributed by atoms with Gasteiger partial charge in [-0.15, -0.1) is 0 Å². The molecule has 2 rings (SSSR count). The number of aliphatic hydroxyl groups is 2. The summed E-state index contributed by atoms with van der Waals surface area (Å²) in [5, 5.41) is 18.5. The zero-order valence-electron chi connectivity index (χ0n) is 9.54. The van der Waals surface area contributed by atoms with Gasteiger partial charge in [-0.2, -0.15) is 0 Å². The van der Waals surface area contributed by atoms with Crippen molar-refractivity contribution in [3.05, 3.63) is 24.3 Å². The number of carbonyl (C=O) groups is 1. The van der Waals surface area contributed by atoms with Gasteiger partial charge in [0.2, 0.25) is 5.91 Å². The van der Waals surface area contributed by atoms with Crippen LogP contribution in [0.15, 0.2) is 24.3 Å². The molecule has 0 radical (unpaired) electrons. The fourth-order valence-corrected chi connectivity index (χ4v) is 1.95. The second kappa shape index (κ2) is 4.73. The molecule has 1 aromatic carbocycles. The summed E-state index contributed by atoms with van der Waals surface area (Å²) in [6, 6.07) is 6.69. The number of nitrogens with zero attached hydrogens (tertiary/aromatic N) is 1. The second-order valence-electron chi connectivity index (χ2n) is 3.98. The maximum absolute atomic E-state index is 11.5. The van der Waals surface area contributed by atoms with Crippen molar-refractivity contribution in [3.8, 4) is 5.75 Å². The summed E-state index contributed by atoms with van der Waals surface area (Å²) in [5.74, 6) is 0.661. The molecule has 5 heteroatoms. The average Bonchev–Trinajstić information content (AvgIpc) is 2.35. The Labute approximate surface area is 99.2 Å². The second-order valence-corrected chi connectivity index (χ2v) is 3.98. The van der Waals surface area contributed by atoms with Crippen molar-refractivity contribution in [2.75, 3.05) is 18.6 Å². The minimum Gasteiger partial charge on any atom is -0.497 e. The van der Waals surface area contributed by atoms with Crippen LogP contribution in [-0.4, -0.2) is 42.0 Å². The third kappa shape index (κ3) is 2.11. The summed E-state index contributed by atoms with van der Waals surface area (Å²) in [6.45, 7) is -0.343. The predicted molar refractivity (Wildman–Crippen MR) is 62.0 cm³/mol. The molecule has 0 aliphatic carbocycles. The number of β-lactam (4-membered cyclic amide) rings is 1. The van der Waals surface area contributed by atoms with Gasteiger partial charge in [-0.05, 0) is 24.3 Å². The van der Waals surface area contributed by atoms with Crippen LogP contribution in [0.5, 0.6) is 5.75 Å². The molecule has 1 amide bonds. The molecule has 17 heavy (non-hydrogen) atoms. The van der Waals surface area contributed by atoms with Crippen molar-refractivity contribution >= 4 is 11.6 Å². The van der Waals surface area contributed by atoms with Crippen LogP contribution >= 0.6 is 0 Å². The summed E-state index contributed by atoms with van der Waals surface area (Å²) in [5.41, 5.74) is 0.708. The Morgan fingerprint density at radius 2 is 2.12 bits per heavy atom. The van der Waals surface area contributed by atoms with Crippen LogP contribution in [0.4, 0.5) is 5.69 Å². The SMILES string of the molecule is COc1ccc(N2C(=O)CC2C(O)CO)cc1. The fraction of sp³-hybridized carbons (Fsp3) is 0.417. The van der Waals surface area contributed by atoms with Crippen molar-refractivity contribution < 1.29 is 19.7 Å². The predicted octanol–water partition coefficient (Wildman–Crippen LogP) is 0.154. The summed E-state index contributed by atoms with van der Waals surface area (Å²) >= 11 is 0. The van der Waals surface area contributed by atoms with E-state index in [1.165, 1.54) is 4.90 Å². The fourth-order valence-electron chi connectivity index (χ4n) is 1.95. The molecule has 0 saturated carbocycles. The summed E-state index contributed by atoms with van der Waals surface area (Å²) in [4.78, 5) is 13.0. The number of ether oxygens (including phenoxy) is 1. The van der Waals surface area contributed by atoms with Gasteiger partial charge in [0.05, 0.1) is 32.3 Å². The minimum atomic E-state index is -0.894. The summed E-state index contributed by atoms with van der Waals surface area (Å²) in [6.07, 6.45) is -0.622. The quantitative estimate of drug-likeness (QED) is 0.731. The van der Waals surface area contributed by atoms with Gasteiger partial charge in [-0.25, -0.2) is 0 Å². The first-order chi connectivity index (χ1) is 8.17. The number of methoxy groups -OCH3 is 1. The Bertz CT molecular complexity index is 403. The molecule has 0 spiro atoms. The average molecular weight is 237 g/mol. The Morgan fingerprint density at radius 1 is 1.47 bits per heavy atom. The lowest BCUT2D eigenvalue weighted by Gasteiger charge is -2.42. The van der Waals surface area contributed by atoms with Gasteiger partial charge < -0.3 is 19.8 Å². The molecule has 1 aromatic rings. The number of amides is 1. The largest absolute Gasteiger partial charge is 0.497 e. The number of benzene rings is 1. The lowest BCUT2D eigenvalue weighted by molar-refractivity contribution is -0.126. The van der Waals surface area contributed by atoms with Gasteiger partial charge in [0, 0.05) is 5.69 Å². The van der Waals surface area contributed by atoms with E-state index in [2.05, 4.69) is 0 Å². The Balaban J connectivity index is 2.16. The number of carbonyl (C=O) groups excluding carboxylic acids is 1. The lowest BCUT2D eigenvalue weighted by Crippen LogP contribution is -2.59. The topological polar surface area (TPSA) is 70.0 Å². The first kappa shape index (κ1) is 11.9. The highest BCUT2D eigenvalue weighted by Gasteiger charge is 2.41. The summed E-state index contributed by atoms with van der Waals surface area (Å²) in [7, 11) is 1.57. The molecule has 5 nitrogen and oxygen atoms in total. The van der Waals surface area contributed by atoms with Crippen molar-refractivity contribution in [2.24, 2.45) is 0 Å². The first-order valence-electron chi connectivity index (χ1n) is 5.42. The number of anilines is 1. The Hall–Kier alpha value is -1.59. The zero-order chi connectivity index (χ0) is 12.4. The normalized spacial score (nSPS) is 21.0. The third-order valence-electron chi connectivity index (χ3n) is 2.97. The molecule has 92 valence electrons. The molecule has 1 saturated heterocycles. The van der Waals surface area contributed by atoms with E-state index in [-0.39, 0.29) is 25.0 Å². The molecule has 2 unspecified atom stereocenters. The third-order valence-corrected chi connectivity index (χ3v) is 2.97. The van der Waals surface area contributed by atoms with E-state index in [0.29, 0.717) is 11.4 Å². The monoisotopic (exact) mass is 237 g/mol. The van der Waals surface area contributed by atoms with Crippen molar-refractivity contribution in [1.82, 2.24) is 0 Å². The number of aliphatic hydroxyl groups excluding tert-OH is 2. The van der Waals surface area contributed by atoms with Crippen LogP contribution in [0.3, 0.4) is 0 Å². The van der Waals surface area contributed by atoms with Gasteiger partial charge in [0.15, 0.2) is 0 Å². The molecular formula is C12H15NO4. The maximum atomic E-state index is 11.5. The molecule has 2 atom stereocenters. The van der Waals surface area contributed by atoms with E-state index >= 15 is 0 Å². The minimum absolute atomic E-state index is 0.0485. The van der Waals surface area contributed by atoms with Crippen molar-refractivity contribution in [1.29, 1.82) is 0 Å². The van der Waals surface area contributed by atoms with E-state index in [4.69, 9.17) is 9.84 Å². The Kier molecular flexibility index (Phi) is 3.31. The highest BCUT2D eigenvalue weighted by Crippen LogP contribution is 2.30. The molecule has 1 aliphatic heterocycles. The Morgan fingerprint density at radius 3 is 2.59 bits per heavy atom. The smallest absolute Gasteiger partial charge is 0.229 e. The van der Waals surface area contributed by atoms with Crippen LogP contribution < -0.4 is 9.64 Å². The van der Waals surface area contributed by atoms with E-state index in [1.54, 1.807) is 31.4 Å². The zero-order valence-corrected chi connectivity index (χ0v) is 9.54. The van der Waals surface area contributed by atoms with Gasteiger partial charge in [0.1, 0.15) is 5.75 Å². The molecule has 0 bridgehead atoms. The van der Waals surface area contributed by atoms with E-state index in [0.717, 1.165) is 0 Å². The molecular weight excluding hydrogens is 222 g/mol. The lowest BCUT2D eigenvalue weighted by atomic mass is 9.95. The number of hydrogen-bond donors (Lipinski definition) is 2. The van der Waals surface area contributed by atoms with Crippen LogP contribution in [-0.2, 0) is 4.79 Å². The maximum Gasteiger partial charge on any atom is 0.229 e. The van der Waals surface area contributed by atoms with Crippen LogP contribution in [0.25, 0.3) is 0 Å². The molecule has 1 aliphatic rings. The molecule has 2 N–H and O–H groups in total. The molecule has 0 aromatic heterocycles. The van der Waals surface area contributed by atoms with Gasteiger partial charge in [-0.3, -0.25) is 4.79 Å². The van der Waals surface area contributed by atoms with Gasteiger partial charge in [0.25, 0.3) is 0 Å². The molecule has 1 fully saturated rings. The van der Waals surface area contributed by atoms with Crippen molar-refractivity contribution in [2.45, 2.75) is 18.6 Å². The highest BCUT2D eigenvalue weighted by molar-refractivity contribution is 6.01. The van der Waals surface area contributed by atoms with Gasteiger partial charge >= 0.3 is 0 Å². The van der Waals surface area contributed by atoms with Gasteiger partial charge in [-0.1, -0.05) is 0 Å². The standard InChI is InChI=1S/C12H15NO4/c1-17-9-4-2-8(3-5-9)13-10(6-12(13)16)11(15)7-14/h2-5,10-11,14-15H,6-7H2,1H3. The molecule has 1 heterocycles. The van der Waals surface area contributed by atoms with E-state index < -0.39 is 6.10 Å². The highest BCUT2D eigenvalue weighted by atomic mass is 16.5. The summed E-state index contributed by atoms with van der Waals surface area (Å²) < 4.78 is 5.03. The first-order valence-corrected chi connectivity index (χ1v) is 5.42. The van der Waals surface area contributed by atoms with Crippen molar-refractivity contribution in [3.63, 3.8) is 0 Å².